The van der Waals surface area contributed by atoms with Crippen LogP contribution in [0, 0.1) is 5.82 Å². The van der Waals surface area contributed by atoms with Gasteiger partial charge in [-0.05, 0) is 50.6 Å². The zero-order chi connectivity index (χ0) is 29.7. The largest absolute Gasteiger partial charge is 0.444 e. The summed E-state index contributed by atoms with van der Waals surface area (Å²) in [6.07, 6.45) is 1.66. The Morgan fingerprint density at radius 1 is 1.12 bits per heavy atom. The number of imidazole rings is 1. The van der Waals surface area contributed by atoms with Crippen molar-refractivity contribution in [3.05, 3.63) is 71.9 Å². The van der Waals surface area contributed by atoms with E-state index < -0.39 is 40.0 Å². The fourth-order valence-electron chi connectivity index (χ4n) is 4.81. The van der Waals surface area contributed by atoms with Gasteiger partial charge in [-0.2, -0.15) is 8.78 Å². The molecule has 1 atom stereocenters. The first-order valence-electron chi connectivity index (χ1n) is 12.6. The number of benzene rings is 2. The van der Waals surface area contributed by atoms with E-state index in [2.05, 4.69) is 9.97 Å². The Bertz CT molecular complexity index is 1750. The average Bonchev–Trinajstić information content (AvgIpc) is 3.23. The van der Waals surface area contributed by atoms with E-state index in [1.54, 1.807) is 43.5 Å². The molecule has 0 N–H and O–H groups in total. The SMILES string of the molecule is CC(C)(C)OC(=O)N1Cc2nc3cc(F)c(-c4ccnc(S(C)(=O)=O)c4)cc3n2C(c2ccccc2OC(F)F)C1. The number of fused-ring (bicyclic) bond motifs is 3. The summed E-state index contributed by atoms with van der Waals surface area (Å²) < 4.78 is 78.3. The van der Waals surface area contributed by atoms with E-state index in [0.29, 0.717) is 16.9 Å². The standard InChI is InChI=1S/C28H27F3N4O5S/c1-28(2,3)40-27(36)34-14-22(17-7-5-6-8-23(17)39-26(30)31)35-21-12-18(19(29)13-20(21)33-24(35)15-34)16-9-10-32-25(11-16)41(4,37)38/h5-13,22,26H,14-15H2,1-4H3. The third-order valence-corrected chi connectivity index (χ3v) is 7.44. The van der Waals surface area contributed by atoms with Crippen LogP contribution in [0.3, 0.4) is 0 Å². The number of pyridine rings is 1. The summed E-state index contributed by atoms with van der Waals surface area (Å²) >= 11 is 0. The molecule has 1 unspecified atom stereocenters. The number of amides is 1. The minimum Gasteiger partial charge on any atom is -0.444 e. The fraction of sp³-hybridized carbons (Fsp3) is 0.321. The van der Waals surface area contributed by atoms with Crippen molar-refractivity contribution in [1.82, 2.24) is 19.4 Å². The molecule has 5 rings (SSSR count). The Labute approximate surface area is 234 Å². The summed E-state index contributed by atoms with van der Waals surface area (Å²) in [6, 6.07) is 11.0. The molecule has 216 valence electrons. The minimum atomic E-state index is -3.65. The molecule has 2 aromatic carbocycles. The second-order valence-corrected chi connectivity index (χ2v) is 12.6. The first-order valence-corrected chi connectivity index (χ1v) is 14.5. The predicted octanol–water partition coefficient (Wildman–Crippen LogP) is 5.58. The number of hydrogen-bond donors (Lipinski definition) is 0. The molecule has 0 aliphatic carbocycles. The summed E-state index contributed by atoms with van der Waals surface area (Å²) in [5, 5.41) is -0.214. The summed E-state index contributed by atoms with van der Waals surface area (Å²) in [5.41, 5.74) is 0.666. The van der Waals surface area contributed by atoms with Gasteiger partial charge in [0.2, 0.25) is 0 Å². The first-order chi connectivity index (χ1) is 19.2. The second-order valence-electron chi connectivity index (χ2n) is 10.7. The first kappa shape index (κ1) is 28.4. The number of carbonyl (C=O) groups is 1. The molecule has 1 aliphatic heterocycles. The molecule has 1 amide bonds. The van der Waals surface area contributed by atoms with Gasteiger partial charge in [0.1, 0.15) is 23.0 Å². The molecule has 0 bridgehead atoms. The van der Waals surface area contributed by atoms with Crippen LogP contribution < -0.4 is 4.74 Å². The summed E-state index contributed by atoms with van der Waals surface area (Å²) in [7, 11) is -3.65. The Kier molecular flexibility index (Phi) is 7.18. The van der Waals surface area contributed by atoms with Crippen molar-refractivity contribution < 1.29 is 35.9 Å². The lowest BCUT2D eigenvalue weighted by Crippen LogP contribution is -2.44. The molecular weight excluding hydrogens is 561 g/mol. The van der Waals surface area contributed by atoms with Gasteiger partial charge in [-0.3, -0.25) is 4.90 Å². The Morgan fingerprint density at radius 2 is 1.85 bits per heavy atom. The molecule has 0 saturated heterocycles. The number of halogens is 3. The number of hydrogen-bond acceptors (Lipinski definition) is 7. The van der Waals surface area contributed by atoms with Gasteiger partial charge in [0.05, 0.1) is 23.6 Å². The molecule has 0 spiro atoms. The van der Waals surface area contributed by atoms with E-state index in [9.17, 15) is 22.0 Å². The zero-order valence-electron chi connectivity index (χ0n) is 22.6. The highest BCUT2D eigenvalue weighted by Gasteiger charge is 2.35. The number of ether oxygens (including phenoxy) is 2. The molecular formula is C28H27F3N4O5S. The maximum absolute atomic E-state index is 15.4. The van der Waals surface area contributed by atoms with Crippen molar-refractivity contribution in [2.45, 2.75) is 50.6 Å². The van der Waals surface area contributed by atoms with Crippen LogP contribution >= 0.6 is 0 Å². The van der Waals surface area contributed by atoms with Crippen LogP contribution in [-0.2, 0) is 21.1 Å². The van der Waals surface area contributed by atoms with Crippen LogP contribution in [0.5, 0.6) is 5.75 Å². The highest BCUT2D eigenvalue weighted by Crippen LogP contribution is 2.38. The van der Waals surface area contributed by atoms with E-state index in [-0.39, 0.29) is 40.5 Å². The smallest absolute Gasteiger partial charge is 0.410 e. The third-order valence-electron chi connectivity index (χ3n) is 6.46. The quantitative estimate of drug-likeness (QED) is 0.300. The second kappa shape index (κ2) is 10.4. The summed E-state index contributed by atoms with van der Waals surface area (Å²) in [5.74, 6) is -0.363. The number of carbonyl (C=O) groups excluding carboxylic acids is 1. The molecule has 0 fully saturated rings. The lowest BCUT2D eigenvalue weighted by molar-refractivity contribution is -0.0509. The molecule has 4 aromatic rings. The van der Waals surface area contributed by atoms with Crippen molar-refractivity contribution >= 4 is 27.0 Å². The Balaban J connectivity index is 1.70. The highest BCUT2D eigenvalue weighted by molar-refractivity contribution is 7.90. The van der Waals surface area contributed by atoms with Crippen LogP contribution in [0.1, 0.15) is 38.2 Å². The van der Waals surface area contributed by atoms with Crippen LogP contribution in [0.15, 0.2) is 59.8 Å². The van der Waals surface area contributed by atoms with Crippen LogP contribution in [0.4, 0.5) is 18.0 Å². The van der Waals surface area contributed by atoms with Crippen molar-refractivity contribution in [3.63, 3.8) is 0 Å². The molecule has 0 radical (unpaired) electrons. The summed E-state index contributed by atoms with van der Waals surface area (Å²) in [6.45, 7) is 2.14. The topological polar surface area (TPSA) is 104 Å². The third kappa shape index (κ3) is 5.85. The average molecular weight is 589 g/mol. The zero-order valence-corrected chi connectivity index (χ0v) is 23.5. The minimum absolute atomic E-state index is 0.0163. The maximum atomic E-state index is 15.4. The van der Waals surface area contributed by atoms with E-state index in [1.165, 1.54) is 41.4 Å². The molecule has 41 heavy (non-hydrogen) atoms. The Hall–Kier alpha value is -4.13. The number of alkyl halides is 2. The van der Waals surface area contributed by atoms with Gasteiger partial charge in [-0.1, -0.05) is 18.2 Å². The molecule has 2 aromatic heterocycles. The van der Waals surface area contributed by atoms with E-state index >= 15 is 4.39 Å². The van der Waals surface area contributed by atoms with E-state index in [0.717, 1.165) is 6.26 Å². The molecule has 0 saturated carbocycles. The van der Waals surface area contributed by atoms with E-state index in [4.69, 9.17) is 9.47 Å². The number of para-hydroxylation sites is 1. The van der Waals surface area contributed by atoms with Gasteiger partial charge in [-0.15, -0.1) is 0 Å². The number of rotatable bonds is 5. The van der Waals surface area contributed by atoms with Gasteiger partial charge in [0.25, 0.3) is 0 Å². The lowest BCUT2D eigenvalue weighted by atomic mass is 10.0. The van der Waals surface area contributed by atoms with Crippen molar-refractivity contribution in [3.8, 4) is 16.9 Å². The molecule has 3 heterocycles. The van der Waals surface area contributed by atoms with Crippen LogP contribution in [-0.4, -0.2) is 59.0 Å². The summed E-state index contributed by atoms with van der Waals surface area (Å²) in [4.78, 5) is 22.9. The lowest BCUT2D eigenvalue weighted by Gasteiger charge is -2.36. The number of sulfone groups is 1. The maximum Gasteiger partial charge on any atom is 0.410 e. The molecule has 9 nitrogen and oxygen atoms in total. The van der Waals surface area contributed by atoms with Gasteiger partial charge in [0.15, 0.2) is 14.9 Å². The molecule has 13 heteroatoms. The van der Waals surface area contributed by atoms with Crippen molar-refractivity contribution in [2.24, 2.45) is 0 Å². The van der Waals surface area contributed by atoms with Gasteiger partial charge in [0, 0.05) is 36.2 Å². The van der Waals surface area contributed by atoms with Crippen LogP contribution in [0.2, 0.25) is 0 Å². The van der Waals surface area contributed by atoms with E-state index in [1.807, 2.05) is 0 Å². The predicted molar refractivity (Wildman–Crippen MR) is 144 cm³/mol. The highest BCUT2D eigenvalue weighted by atomic mass is 32.2. The molecule has 1 aliphatic rings. The monoisotopic (exact) mass is 588 g/mol. The van der Waals surface area contributed by atoms with Gasteiger partial charge < -0.3 is 14.0 Å². The van der Waals surface area contributed by atoms with Gasteiger partial charge in [-0.25, -0.2) is 27.6 Å². The van der Waals surface area contributed by atoms with Crippen molar-refractivity contribution in [2.75, 3.05) is 12.8 Å². The number of nitrogens with zero attached hydrogens (tertiary/aromatic N) is 4. The van der Waals surface area contributed by atoms with Crippen LogP contribution in [0.25, 0.3) is 22.2 Å². The van der Waals surface area contributed by atoms with Crippen molar-refractivity contribution in [1.29, 1.82) is 0 Å². The Morgan fingerprint density at radius 3 is 2.54 bits per heavy atom. The van der Waals surface area contributed by atoms with Gasteiger partial charge >= 0.3 is 12.7 Å². The fourth-order valence-corrected chi connectivity index (χ4v) is 5.41. The number of aromatic nitrogens is 3. The normalized spacial score (nSPS) is 15.7.